The van der Waals surface area contributed by atoms with Crippen LogP contribution in [0.5, 0.6) is 0 Å². The van der Waals surface area contributed by atoms with E-state index in [1.807, 2.05) is 6.07 Å². The van der Waals surface area contributed by atoms with Gasteiger partial charge in [-0.25, -0.2) is 0 Å². The smallest absolute Gasteiger partial charge is 0.0211 e. The molecule has 3 radical (unpaired) electrons. The predicted molar refractivity (Wildman–Crippen MR) is 99.1 cm³/mol. The number of hydrogen-bond donors (Lipinski definition) is 0. The Morgan fingerprint density at radius 2 is 1.55 bits per heavy atom. The van der Waals surface area contributed by atoms with Gasteiger partial charge >= 0.3 is 0 Å². The molecule has 0 aliphatic heterocycles. The fraction of sp³-hybridized carbons (Fsp3) is 0.0588. The van der Waals surface area contributed by atoms with Crippen LogP contribution in [0.1, 0.15) is 5.56 Å². The van der Waals surface area contributed by atoms with Gasteiger partial charge in [-0.3, -0.25) is 0 Å². The summed E-state index contributed by atoms with van der Waals surface area (Å²) in [4.78, 5) is 0. The van der Waals surface area contributed by atoms with Crippen molar-refractivity contribution in [1.82, 2.24) is 0 Å². The monoisotopic (exact) mass is 386 g/mol. The average molecular weight is 386 g/mol. The lowest BCUT2D eigenvalue weighted by Crippen LogP contribution is -2.02. The molecule has 3 heteroatoms. The first-order valence-electron chi connectivity index (χ1n) is 6.49. The Balaban J connectivity index is 1.99. The van der Waals surface area contributed by atoms with Gasteiger partial charge in [0.1, 0.15) is 0 Å². The third-order valence-corrected chi connectivity index (χ3v) is 5.91. The number of rotatable bonds is 3. The summed E-state index contributed by atoms with van der Waals surface area (Å²) in [5.41, 5.74) is 1.35. The van der Waals surface area contributed by atoms with Gasteiger partial charge in [-0.05, 0) is 51.2 Å². The van der Waals surface area contributed by atoms with E-state index in [1.165, 1.54) is 25.2 Å². The summed E-state index contributed by atoms with van der Waals surface area (Å²) in [6.07, 6.45) is 0.927. The van der Waals surface area contributed by atoms with Crippen LogP contribution in [0.3, 0.4) is 0 Å². The highest BCUT2D eigenvalue weighted by Crippen LogP contribution is 2.36. The highest BCUT2D eigenvalue weighted by molar-refractivity contribution is 14.1. The van der Waals surface area contributed by atoms with Crippen LogP contribution in [0.15, 0.2) is 66.7 Å². The first-order valence-corrected chi connectivity index (χ1v) is 9.16. The first-order chi connectivity index (χ1) is 9.75. The third-order valence-electron chi connectivity index (χ3n) is 3.37. The minimum Gasteiger partial charge on any atom is -0.573 e. The van der Waals surface area contributed by atoms with Gasteiger partial charge in [0.05, 0.1) is 0 Å². The van der Waals surface area contributed by atoms with Crippen LogP contribution in [-0.4, -0.2) is 7.57 Å². The molecule has 20 heavy (non-hydrogen) atoms. The molecule has 0 heterocycles. The van der Waals surface area contributed by atoms with Gasteiger partial charge in [-0.2, -0.15) is 0 Å². The molecule has 97 valence electrons. The minimum atomic E-state index is -0.641. The average Bonchev–Trinajstić information content (AvgIpc) is 2.48. The standard InChI is InChI=1S/C17H13BIP/c18-20(15-9-2-1-3-10-15)12-14-8-4-6-13-7-5-11-16(19)17(13)14/h1-11H,12H2/q-1. The number of halogens is 1. The number of hydrogen-bond acceptors (Lipinski definition) is 0. The lowest BCUT2D eigenvalue weighted by molar-refractivity contribution is 1.45. The van der Waals surface area contributed by atoms with Gasteiger partial charge in [0.15, 0.2) is 0 Å². The Labute approximate surface area is 135 Å². The number of fused-ring (bicyclic) bond motifs is 1. The van der Waals surface area contributed by atoms with E-state index in [1.54, 1.807) is 0 Å². The second-order valence-corrected chi connectivity index (χ2v) is 7.65. The lowest BCUT2D eigenvalue weighted by atomic mass is 10.1. The maximum atomic E-state index is 6.43. The van der Waals surface area contributed by atoms with Crippen LogP contribution >= 0.6 is 30.4 Å². The molecule has 0 aliphatic carbocycles. The summed E-state index contributed by atoms with van der Waals surface area (Å²) in [6.45, 7) is 0. The van der Waals surface area contributed by atoms with Crippen molar-refractivity contribution in [1.29, 1.82) is 0 Å². The Kier molecular flexibility index (Phi) is 4.43. The van der Waals surface area contributed by atoms with Crippen molar-refractivity contribution in [2.75, 3.05) is 0 Å². The Bertz CT molecular complexity index is 722. The molecule has 0 aliphatic rings. The van der Waals surface area contributed by atoms with Crippen molar-refractivity contribution in [3.8, 4) is 0 Å². The zero-order valence-electron chi connectivity index (χ0n) is 11.0. The summed E-state index contributed by atoms with van der Waals surface area (Å²) >= 11 is 2.41. The second kappa shape index (κ2) is 6.28. The molecule has 0 bridgehead atoms. The van der Waals surface area contributed by atoms with Crippen LogP contribution in [-0.2, 0) is 6.16 Å². The highest BCUT2D eigenvalue weighted by atomic mass is 127. The minimum absolute atomic E-state index is 0.641. The summed E-state index contributed by atoms with van der Waals surface area (Å²) in [5.74, 6) is 0. The van der Waals surface area contributed by atoms with E-state index in [4.69, 9.17) is 7.57 Å². The highest BCUT2D eigenvalue weighted by Gasteiger charge is 2.04. The Hall–Kier alpha value is -0.855. The zero-order valence-corrected chi connectivity index (χ0v) is 14.0. The summed E-state index contributed by atoms with van der Waals surface area (Å²) in [7, 11) is 5.79. The van der Waals surface area contributed by atoms with Crippen LogP contribution in [0.2, 0.25) is 0 Å². The SMILES string of the molecule is [B-]P(Cc1cccc2cccc(I)c12)c1ccccc1. The van der Waals surface area contributed by atoms with Gasteiger partial charge < -0.3 is 15.4 Å². The fourth-order valence-corrected chi connectivity index (χ4v) is 4.63. The molecule has 0 spiro atoms. The molecular formula is C17H13BIP-. The molecule has 0 nitrogen and oxygen atoms in total. The van der Waals surface area contributed by atoms with Gasteiger partial charge in [-0.15, -0.1) is 0 Å². The molecular weight excluding hydrogens is 373 g/mol. The summed E-state index contributed by atoms with van der Waals surface area (Å²) < 4.78 is 1.30. The molecule has 0 saturated carbocycles. The van der Waals surface area contributed by atoms with Crippen LogP contribution in [0.25, 0.3) is 10.8 Å². The lowest BCUT2D eigenvalue weighted by Gasteiger charge is -2.28. The third kappa shape index (κ3) is 2.92. The predicted octanol–water partition coefficient (Wildman–Crippen LogP) is 4.84. The normalized spacial score (nSPS) is 12.5. The molecule has 3 rings (SSSR count). The van der Waals surface area contributed by atoms with Crippen LogP contribution in [0.4, 0.5) is 0 Å². The zero-order chi connectivity index (χ0) is 13.9. The Morgan fingerprint density at radius 3 is 2.30 bits per heavy atom. The molecule has 0 saturated heterocycles. The molecule has 1 atom stereocenters. The first kappa shape index (κ1) is 14.1. The van der Waals surface area contributed by atoms with Gasteiger partial charge in [0, 0.05) is 3.57 Å². The van der Waals surface area contributed by atoms with E-state index >= 15 is 0 Å². The Morgan fingerprint density at radius 1 is 0.850 bits per heavy atom. The molecule has 0 fully saturated rings. The molecule has 3 aromatic carbocycles. The number of benzene rings is 3. The van der Waals surface area contributed by atoms with Gasteiger partial charge in [-0.1, -0.05) is 66.0 Å². The van der Waals surface area contributed by atoms with E-state index in [9.17, 15) is 0 Å². The molecule has 0 amide bonds. The van der Waals surface area contributed by atoms with Crippen molar-refractivity contribution in [2.24, 2.45) is 0 Å². The quantitative estimate of drug-likeness (QED) is 0.344. The van der Waals surface area contributed by atoms with Crippen LogP contribution in [0, 0.1) is 3.57 Å². The van der Waals surface area contributed by atoms with E-state index in [0.717, 1.165) is 6.16 Å². The summed E-state index contributed by atoms with van der Waals surface area (Å²) in [6, 6.07) is 23.3. The van der Waals surface area contributed by atoms with Gasteiger partial charge in [0.25, 0.3) is 0 Å². The van der Waals surface area contributed by atoms with Crippen molar-refractivity contribution in [3.63, 3.8) is 0 Å². The van der Waals surface area contributed by atoms with E-state index < -0.39 is 7.80 Å². The summed E-state index contributed by atoms with van der Waals surface area (Å²) in [5, 5.41) is 3.90. The maximum Gasteiger partial charge on any atom is 0.0211 e. The van der Waals surface area contributed by atoms with Crippen molar-refractivity contribution >= 4 is 54.0 Å². The largest absolute Gasteiger partial charge is 0.573 e. The van der Waals surface area contributed by atoms with E-state index in [0.29, 0.717) is 0 Å². The molecule has 3 aromatic rings. The van der Waals surface area contributed by atoms with E-state index in [-0.39, 0.29) is 0 Å². The van der Waals surface area contributed by atoms with Crippen LogP contribution < -0.4 is 5.30 Å². The second-order valence-electron chi connectivity index (χ2n) is 4.72. The van der Waals surface area contributed by atoms with E-state index in [2.05, 4.69) is 83.3 Å². The maximum absolute atomic E-state index is 6.43. The molecule has 1 unspecified atom stereocenters. The molecule has 0 N–H and O–H groups in total. The fourth-order valence-electron chi connectivity index (χ4n) is 2.40. The molecule has 0 aromatic heterocycles. The van der Waals surface area contributed by atoms with Gasteiger partial charge in [0.2, 0.25) is 0 Å². The van der Waals surface area contributed by atoms with Crippen molar-refractivity contribution < 1.29 is 0 Å². The van der Waals surface area contributed by atoms with Crippen molar-refractivity contribution in [3.05, 3.63) is 75.9 Å². The topological polar surface area (TPSA) is 0 Å². The van der Waals surface area contributed by atoms with Crippen molar-refractivity contribution in [2.45, 2.75) is 6.16 Å².